The number of aliphatic hydroxyl groups excluding tert-OH is 1. The van der Waals surface area contributed by atoms with E-state index in [9.17, 15) is 18.7 Å². The molecule has 3 N–H and O–H groups in total. The Morgan fingerprint density at radius 3 is 2.48 bits per heavy atom. The summed E-state index contributed by atoms with van der Waals surface area (Å²) in [6.07, 6.45) is 3.10. The number of nitrogens with one attached hydrogen (secondary N) is 2. The molecule has 1 amide bonds. The molecule has 1 fully saturated rings. The van der Waals surface area contributed by atoms with Gasteiger partial charge in [0.1, 0.15) is 22.9 Å². The number of amides is 1. The van der Waals surface area contributed by atoms with E-state index in [-0.39, 0.29) is 12.3 Å². The molecule has 0 unspecified atom stereocenters. The maximum atomic E-state index is 14.3. The number of carbonyl (C=O) groups is 1. The van der Waals surface area contributed by atoms with Crippen LogP contribution in [0.3, 0.4) is 0 Å². The third kappa shape index (κ3) is 6.90. The number of benzene rings is 1. The molecule has 0 bridgehead atoms. The van der Waals surface area contributed by atoms with Crippen LogP contribution >= 0.6 is 0 Å². The van der Waals surface area contributed by atoms with Crippen molar-refractivity contribution in [2.75, 3.05) is 31.1 Å². The van der Waals surface area contributed by atoms with Crippen molar-refractivity contribution in [2.24, 2.45) is 5.92 Å². The van der Waals surface area contributed by atoms with Crippen molar-refractivity contribution in [3.05, 3.63) is 41.1 Å². The van der Waals surface area contributed by atoms with E-state index in [0.29, 0.717) is 18.4 Å². The summed E-state index contributed by atoms with van der Waals surface area (Å²) < 4.78 is 34.0. The van der Waals surface area contributed by atoms with Gasteiger partial charge in [-0.15, -0.1) is 0 Å². The molecule has 9 heteroatoms. The van der Waals surface area contributed by atoms with Crippen molar-refractivity contribution in [3.8, 4) is 5.75 Å². The van der Waals surface area contributed by atoms with Crippen molar-refractivity contribution in [1.29, 1.82) is 0 Å². The topological polar surface area (TPSA) is 90.5 Å². The van der Waals surface area contributed by atoms with Gasteiger partial charge in [-0.3, -0.25) is 9.89 Å². The molecular weight excluding hydrogens is 430 g/mol. The van der Waals surface area contributed by atoms with Gasteiger partial charge in [0.05, 0.1) is 12.7 Å². The standard InChI is InChI=1S/C24H34F2N4O3/c1-15(2)21-13-22(29-28-21)30-8-6-17(7-9-30)5-4-10-33-18-11-19(25)23(20(26)12-18)24(32)27-14-16(3)31/h11-13,15-17,31H,4-10,14H2,1-3H3,(H,27,32)(H,28,29)/t16-/m1/s1. The maximum absolute atomic E-state index is 14.3. The fraction of sp³-hybridized carbons (Fsp3) is 0.583. The number of carbonyl (C=O) groups excluding carboxylic acids is 1. The summed E-state index contributed by atoms with van der Waals surface area (Å²) in [5.41, 5.74) is 0.470. The molecule has 1 aliphatic rings. The zero-order valence-corrected chi connectivity index (χ0v) is 19.5. The summed E-state index contributed by atoms with van der Waals surface area (Å²) in [7, 11) is 0. The van der Waals surface area contributed by atoms with Gasteiger partial charge >= 0.3 is 0 Å². The molecule has 1 saturated heterocycles. The highest BCUT2D eigenvalue weighted by Gasteiger charge is 2.22. The van der Waals surface area contributed by atoms with E-state index in [1.165, 1.54) is 6.92 Å². The van der Waals surface area contributed by atoms with Gasteiger partial charge in [-0.2, -0.15) is 5.10 Å². The van der Waals surface area contributed by atoms with Crippen LogP contribution in [0.15, 0.2) is 18.2 Å². The van der Waals surface area contributed by atoms with Gasteiger partial charge in [0, 0.05) is 43.5 Å². The highest BCUT2D eigenvalue weighted by atomic mass is 19.1. The second kappa shape index (κ2) is 11.4. The van der Waals surface area contributed by atoms with Gasteiger partial charge in [-0.05, 0) is 44.4 Å². The van der Waals surface area contributed by atoms with Crippen LogP contribution in [-0.4, -0.2) is 53.6 Å². The molecule has 33 heavy (non-hydrogen) atoms. The lowest BCUT2D eigenvalue weighted by Gasteiger charge is -2.32. The molecule has 3 rings (SSSR count). The number of H-pyrrole nitrogens is 1. The maximum Gasteiger partial charge on any atom is 0.257 e. The molecule has 0 saturated carbocycles. The molecule has 7 nitrogen and oxygen atoms in total. The van der Waals surface area contributed by atoms with E-state index in [4.69, 9.17) is 4.74 Å². The summed E-state index contributed by atoms with van der Waals surface area (Å²) in [4.78, 5) is 14.2. The minimum atomic E-state index is -0.987. The summed E-state index contributed by atoms with van der Waals surface area (Å²) in [6.45, 7) is 7.93. The molecule has 0 spiro atoms. The Hall–Kier alpha value is -2.68. The fourth-order valence-corrected chi connectivity index (χ4v) is 3.97. The van der Waals surface area contributed by atoms with Crippen LogP contribution in [0, 0.1) is 17.6 Å². The number of aliphatic hydroxyl groups is 1. The smallest absolute Gasteiger partial charge is 0.257 e. The van der Waals surface area contributed by atoms with Gasteiger partial charge < -0.3 is 20.1 Å². The Labute approximate surface area is 193 Å². The van der Waals surface area contributed by atoms with Crippen molar-refractivity contribution in [3.63, 3.8) is 0 Å². The van der Waals surface area contributed by atoms with Crippen molar-refractivity contribution in [2.45, 2.75) is 58.5 Å². The first-order valence-electron chi connectivity index (χ1n) is 11.6. The van der Waals surface area contributed by atoms with E-state index in [1.807, 2.05) is 0 Å². The van der Waals surface area contributed by atoms with Crippen LogP contribution in [0.25, 0.3) is 0 Å². The first-order chi connectivity index (χ1) is 15.7. The fourth-order valence-electron chi connectivity index (χ4n) is 3.97. The molecule has 1 aromatic heterocycles. The third-order valence-corrected chi connectivity index (χ3v) is 5.97. The number of aromatic amines is 1. The van der Waals surface area contributed by atoms with E-state index in [1.54, 1.807) is 0 Å². The second-order valence-electron chi connectivity index (χ2n) is 9.08. The molecular formula is C24H34F2N4O3. The van der Waals surface area contributed by atoms with Crippen LogP contribution in [0.2, 0.25) is 0 Å². The number of ether oxygens (including phenoxy) is 1. The summed E-state index contributed by atoms with van der Waals surface area (Å²) in [6, 6.07) is 4.17. The number of halogens is 2. The zero-order valence-electron chi connectivity index (χ0n) is 19.5. The van der Waals surface area contributed by atoms with E-state index in [0.717, 1.165) is 62.4 Å². The number of nitrogens with zero attached hydrogens (tertiary/aromatic N) is 2. The highest BCUT2D eigenvalue weighted by molar-refractivity contribution is 5.94. The minimum absolute atomic E-state index is 0.0615. The lowest BCUT2D eigenvalue weighted by Crippen LogP contribution is -2.34. The van der Waals surface area contributed by atoms with E-state index >= 15 is 0 Å². The minimum Gasteiger partial charge on any atom is -0.493 e. The molecule has 1 atom stereocenters. The normalized spacial score (nSPS) is 15.7. The van der Waals surface area contributed by atoms with Gasteiger partial charge in [0.15, 0.2) is 5.82 Å². The number of rotatable bonds is 10. The van der Waals surface area contributed by atoms with Crippen LogP contribution in [-0.2, 0) is 0 Å². The number of aromatic nitrogens is 2. The molecule has 2 heterocycles. The second-order valence-corrected chi connectivity index (χ2v) is 9.08. The summed E-state index contributed by atoms with van der Waals surface area (Å²) in [5, 5.41) is 19.0. The van der Waals surface area contributed by atoms with Crippen molar-refractivity contribution < 1.29 is 23.4 Å². The number of hydrogen-bond acceptors (Lipinski definition) is 5. The number of piperidine rings is 1. The number of hydrogen-bond donors (Lipinski definition) is 3. The van der Waals surface area contributed by atoms with Gasteiger partial charge in [0.2, 0.25) is 0 Å². The van der Waals surface area contributed by atoms with Gasteiger partial charge in [-0.25, -0.2) is 8.78 Å². The Bertz CT molecular complexity index is 901. The molecule has 0 radical (unpaired) electrons. The predicted molar refractivity (Wildman–Crippen MR) is 123 cm³/mol. The van der Waals surface area contributed by atoms with E-state index in [2.05, 4.69) is 40.3 Å². The zero-order chi connectivity index (χ0) is 24.0. The van der Waals surface area contributed by atoms with Crippen LogP contribution < -0.4 is 15.0 Å². The van der Waals surface area contributed by atoms with Crippen LogP contribution in [0.5, 0.6) is 5.75 Å². The molecule has 0 aliphatic carbocycles. The SMILES string of the molecule is CC(C)c1cc(N2CCC(CCCOc3cc(F)c(C(=O)NC[C@@H](C)O)c(F)c3)CC2)n[nH]1. The predicted octanol–water partition coefficient (Wildman–Crippen LogP) is 4.00. The Kier molecular flexibility index (Phi) is 8.66. The molecule has 1 aromatic carbocycles. The summed E-state index contributed by atoms with van der Waals surface area (Å²) >= 11 is 0. The van der Waals surface area contributed by atoms with E-state index < -0.39 is 29.2 Å². The Balaban J connectivity index is 1.41. The summed E-state index contributed by atoms with van der Waals surface area (Å²) in [5.74, 6) is -0.798. The quantitative estimate of drug-likeness (QED) is 0.463. The Morgan fingerprint density at radius 2 is 1.91 bits per heavy atom. The van der Waals surface area contributed by atoms with Gasteiger partial charge in [-0.1, -0.05) is 13.8 Å². The number of anilines is 1. The monoisotopic (exact) mass is 464 g/mol. The first kappa shape index (κ1) is 25.0. The third-order valence-electron chi connectivity index (χ3n) is 5.97. The average molecular weight is 465 g/mol. The lowest BCUT2D eigenvalue weighted by molar-refractivity contribution is 0.0915. The Morgan fingerprint density at radius 1 is 1.24 bits per heavy atom. The van der Waals surface area contributed by atoms with Gasteiger partial charge in [0.25, 0.3) is 5.91 Å². The lowest BCUT2D eigenvalue weighted by atomic mass is 9.92. The van der Waals surface area contributed by atoms with Crippen LogP contribution in [0.4, 0.5) is 14.6 Å². The first-order valence-corrected chi connectivity index (χ1v) is 11.6. The van der Waals surface area contributed by atoms with Crippen molar-refractivity contribution in [1.82, 2.24) is 15.5 Å². The van der Waals surface area contributed by atoms with Crippen molar-refractivity contribution >= 4 is 11.7 Å². The highest BCUT2D eigenvalue weighted by Crippen LogP contribution is 2.27. The largest absolute Gasteiger partial charge is 0.493 e. The van der Waals surface area contributed by atoms with Crippen LogP contribution in [0.1, 0.15) is 68.4 Å². The molecule has 1 aliphatic heterocycles. The molecule has 2 aromatic rings. The average Bonchev–Trinajstić information content (AvgIpc) is 3.26. The molecule has 182 valence electrons.